The number of amides is 1. The predicted molar refractivity (Wildman–Crippen MR) is 121 cm³/mol. The third-order valence-electron chi connectivity index (χ3n) is 5.15. The summed E-state index contributed by atoms with van der Waals surface area (Å²) in [5.74, 6) is 0.772. The highest BCUT2D eigenvalue weighted by molar-refractivity contribution is 5.84. The molecule has 31 heavy (non-hydrogen) atoms. The van der Waals surface area contributed by atoms with E-state index in [4.69, 9.17) is 9.15 Å². The van der Waals surface area contributed by atoms with Gasteiger partial charge in [-0.2, -0.15) is 0 Å². The van der Waals surface area contributed by atoms with Gasteiger partial charge in [0.15, 0.2) is 6.61 Å². The van der Waals surface area contributed by atoms with Crippen molar-refractivity contribution in [2.45, 2.75) is 19.9 Å². The van der Waals surface area contributed by atoms with Crippen molar-refractivity contribution in [1.29, 1.82) is 0 Å². The summed E-state index contributed by atoms with van der Waals surface area (Å²) < 4.78 is 11.6. The van der Waals surface area contributed by atoms with E-state index in [1.807, 2.05) is 67.6 Å². The molecule has 1 amide bonds. The molecule has 0 aliphatic carbocycles. The summed E-state index contributed by atoms with van der Waals surface area (Å²) in [6.07, 6.45) is 0. The Balaban J connectivity index is 1.49. The Bertz CT molecular complexity index is 1260. The minimum absolute atomic E-state index is 0.0917. The second-order valence-corrected chi connectivity index (χ2v) is 7.37. The average molecular weight is 413 g/mol. The molecule has 1 heterocycles. The lowest BCUT2D eigenvalue weighted by Crippen LogP contribution is -2.31. The van der Waals surface area contributed by atoms with Gasteiger partial charge in [-0.15, -0.1) is 0 Å². The lowest BCUT2D eigenvalue weighted by Gasteiger charge is -2.15. The molecular weight excluding hydrogens is 390 g/mol. The number of aryl methyl sites for hydroxylation is 1. The van der Waals surface area contributed by atoms with Crippen LogP contribution in [0.15, 0.2) is 88.1 Å². The monoisotopic (exact) mass is 413 g/mol. The van der Waals surface area contributed by atoms with Crippen molar-refractivity contribution < 1.29 is 13.9 Å². The third-order valence-corrected chi connectivity index (χ3v) is 5.15. The minimum atomic E-state index is -0.228. The summed E-state index contributed by atoms with van der Waals surface area (Å²) in [5.41, 5.74) is 2.73. The first-order valence-electron chi connectivity index (χ1n) is 10.1. The van der Waals surface area contributed by atoms with Crippen LogP contribution in [0, 0.1) is 6.92 Å². The van der Waals surface area contributed by atoms with Crippen molar-refractivity contribution in [2.24, 2.45) is 0 Å². The quantitative estimate of drug-likeness (QED) is 0.482. The summed E-state index contributed by atoms with van der Waals surface area (Å²) >= 11 is 0. The third kappa shape index (κ3) is 4.51. The molecule has 0 saturated carbocycles. The van der Waals surface area contributed by atoms with Crippen molar-refractivity contribution in [3.05, 3.63) is 100 Å². The maximum Gasteiger partial charge on any atom is 0.258 e. The molecule has 3 aromatic carbocycles. The molecule has 156 valence electrons. The number of rotatable bonds is 6. The number of hydrogen-bond donors (Lipinski definition) is 1. The summed E-state index contributed by atoms with van der Waals surface area (Å²) in [7, 11) is 0. The number of ether oxygens (including phenoxy) is 1. The van der Waals surface area contributed by atoms with E-state index in [1.165, 1.54) is 0 Å². The summed E-state index contributed by atoms with van der Waals surface area (Å²) in [5, 5.41) is 3.38. The van der Waals surface area contributed by atoms with Crippen LogP contribution in [-0.4, -0.2) is 12.5 Å². The predicted octanol–water partition coefficient (Wildman–Crippen LogP) is 5.02. The molecule has 0 bridgehead atoms. The molecule has 0 aliphatic heterocycles. The van der Waals surface area contributed by atoms with Gasteiger partial charge in [0.05, 0.1) is 17.0 Å². The second-order valence-electron chi connectivity index (χ2n) is 7.37. The Morgan fingerprint density at radius 3 is 2.39 bits per heavy atom. The van der Waals surface area contributed by atoms with Crippen LogP contribution in [0.1, 0.15) is 24.3 Å². The van der Waals surface area contributed by atoms with Crippen LogP contribution in [0.5, 0.6) is 5.75 Å². The largest absolute Gasteiger partial charge is 0.484 e. The van der Waals surface area contributed by atoms with Crippen LogP contribution < -0.4 is 15.5 Å². The zero-order chi connectivity index (χ0) is 21.8. The zero-order valence-corrected chi connectivity index (χ0v) is 17.4. The molecule has 1 aromatic heterocycles. The van der Waals surface area contributed by atoms with Crippen molar-refractivity contribution in [3.8, 4) is 16.9 Å². The van der Waals surface area contributed by atoms with Gasteiger partial charge in [-0.25, -0.2) is 0 Å². The first-order valence-corrected chi connectivity index (χ1v) is 10.1. The SMILES string of the molecule is Cc1oc2cc(OCC(=O)N[C@@H](C)c3ccccc3)ccc2c(=O)c1-c1ccccc1. The van der Waals surface area contributed by atoms with Crippen molar-refractivity contribution in [1.82, 2.24) is 5.32 Å². The second kappa shape index (κ2) is 8.88. The van der Waals surface area contributed by atoms with Gasteiger partial charge in [0.25, 0.3) is 5.91 Å². The van der Waals surface area contributed by atoms with Crippen LogP contribution in [0.2, 0.25) is 0 Å². The van der Waals surface area contributed by atoms with Crippen LogP contribution in [0.25, 0.3) is 22.1 Å². The van der Waals surface area contributed by atoms with E-state index in [1.54, 1.807) is 25.1 Å². The van der Waals surface area contributed by atoms with E-state index in [-0.39, 0.29) is 24.0 Å². The van der Waals surface area contributed by atoms with E-state index in [0.29, 0.717) is 28.0 Å². The molecule has 1 atom stereocenters. The Morgan fingerprint density at radius 2 is 1.68 bits per heavy atom. The number of carbonyl (C=O) groups is 1. The van der Waals surface area contributed by atoms with Gasteiger partial charge in [-0.1, -0.05) is 60.7 Å². The van der Waals surface area contributed by atoms with Crippen LogP contribution in [0.4, 0.5) is 0 Å². The lowest BCUT2D eigenvalue weighted by atomic mass is 10.0. The molecule has 4 rings (SSSR count). The molecule has 0 radical (unpaired) electrons. The highest BCUT2D eigenvalue weighted by Gasteiger charge is 2.15. The average Bonchev–Trinajstić information content (AvgIpc) is 2.79. The number of carbonyl (C=O) groups excluding carboxylic acids is 1. The van der Waals surface area contributed by atoms with E-state index in [9.17, 15) is 9.59 Å². The Kier molecular flexibility index (Phi) is 5.85. The standard InChI is InChI=1S/C26H23NO4/c1-17(19-9-5-3-6-10-19)27-24(28)16-30-21-13-14-22-23(15-21)31-18(2)25(26(22)29)20-11-7-4-8-12-20/h3-15,17H,16H2,1-2H3,(H,27,28)/t17-/m0/s1. The van der Waals surface area contributed by atoms with E-state index >= 15 is 0 Å². The number of hydrogen-bond acceptors (Lipinski definition) is 4. The normalized spacial score (nSPS) is 11.8. The van der Waals surface area contributed by atoms with Gasteiger partial charge in [0, 0.05) is 6.07 Å². The van der Waals surface area contributed by atoms with Crippen LogP contribution >= 0.6 is 0 Å². The van der Waals surface area contributed by atoms with E-state index < -0.39 is 0 Å². The van der Waals surface area contributed by atoms with Crippen molar-refractivity contribution >= 4 is 16.9 Å². The Hall–Kier alpha value is -3.86. The van der Waals surface area contributed by atoms with Gasteiger partial charge >= 0.3 is 0 Å². The zero-order valence-electron chi connectivity index (χ0n) is 17.4. The molecule has 5 heteroatoms. The Labute approximate surface area is 180 Å². The fourth-order valence-electron chi connectivity index (χ4n) is 3.57. The van der Waals surface area contributed by atoms with Gasteiger partial charge in [0.2, 0.25) is 5.43 Å². The lowest BCUT2D eigenvalue weighted by molar-refractivity contribution is -0.123. The van der Waals surface area contributed by atoms with Crippen LogP contribution in [-0.2, 0) is 4.79 Å². The van der Waals surface area contributed by atoms with Gasteiger partial charge in [-0.3, -0.25) is 9.59 Å². The van der Waals surface area contributed by atoms with Gasteiger partial charge in [0.1, 0.15) is 17.1 Å². The topological polar surface area (TPSA) is 68.5 Å². The molecule has 5 nitrogen and oxygen atoms in total. The summed E-state index contributed by atoms with van der Waals surface area (Å²) in [6, 6.07) is 24.1. The molecule has 0 fully saturated rings. The molecule has 0 spiro atoms. The molecule has 1 N–H and O–H groups in total. The van der Waals surface area contributed by atoms with Gasteiger partial charge < -0.3 is 14.5 Å². The molecule has 0 unspecified atom stereocenters. The first-order chi connectivity index (χ1) is 15.0. The van der Waals surface area contributed by atoms with Gasteiger partial charge in [-0.05, 0) is 37.1 Å². The number of nitrogens with one attached hydrogen (secondary N) is 1. The maximum absolute atomic E-state index is 13.0. The van der Waals surface area contributed by atoms with Crippen molar-refractivity contribution in [2.75, 3.05) is 6.61 Å². The molecule has 0 saturated heterocycles. The molecular formula is C26H23NO4. The van der Waals surface area contributed by atoms with E-state index in [2.05, 4.69) is 5.32 Å². The minimum Gasteiger partial charge on any atom is -0.484 e. The highest BCUT2D eigenvalue weighted by atomic mass is 16.5. The molecule has 4 aromatic rings. The fourth-order valence-corrected chi connectivity index (χ4v) is 3.57. The fraction of sp³-hybridized carbons (Fsp3) is 0.154. The molecule has 0 aliphatic rings. The summed E-state index contributed by atoms with van der Waals surface area (Å²) in [6.45, 7) is 3.56. The van der Waals surface area contributed by atoms with Crippen LogP contribution in [0.3, 0.4) is 0 Å². The van der Waals surface area contributed by atoms with Crippen molar-refractivity contribution in [3.63, 3.8) is 0 Å². The smallest absolute Gasteiger partial charge is 0.258 e. The number of fused-ring (bicyclic) bond motifs is 1. The number of benzene rings is 3. The van der Waals surface area contributed by atoms with E-state index in [0.717, 1.165) is 11.1 Å². The maximum atomic E-state index is 13.0. The first kappa shape index (κ1) is 20.4. The Morgan fingerprint density at radius 1 is 1.00 bits per heavy atom. The highest BCUT2D eigenvalue weighted by Crippen LogP contribution is 2.26. The summed E-state index contributed by atoms with van der Waals surface area (Å²) in [4.78, 5) is 25.3.